The molecular formula is C15H23NO. The molecule has 1 saturated carbocycles. The molecule has 17 heavy (non-hydrogen) atoms. The summed E-state index contributed by atoms with van der Waals surface area (Å²) in [5, 5.41) is 0. The van der Waals surface area contributed by atoms with Gasteiger partial charge in [-0.15, -0.1) is 0 Å². The van der Waals surface area contributed by atoms with Crippen molar-refractivity contribution in [3.8, 4) is 5.75 Å². The van der Waals surface area contributed by atoms with E-state index < -0.39 is 0 Å². The molecular weight excluding hydrogens is 210 g/mol. The van der Waals surface area contributed by atoms with Crippen molar-refractivity contribution in [2.45, 2.75) is 45.1 Å². The van der Waals surface area contributed by atoms with Gasteiger partial charge in [0.2, 0.25) is 0 Å². The standard InChI is InChI=1S/C15H23NO/c1-11(2)13-4-3-5-14(9-13)17-15-7-6-12(8-15)10-16/h3-5,9,11-12,15H,6-8,10,16H2,1-2H3. The lowest BCUT2D eigenvalue weighted by atomic mass is 10.0. The maximum absolute atomic E-state index is 6.04. The van der Waals surface area contributed by atoms with Crippen molar-refractivity contribution in [2.24, 2.45) is 11.7 Å². The molecule has 2 N–H and O–H groups in total. The van der Waals surface area contributed by atoms with Gasteiger partial charge in [-0.3, -0.25) is 0 Å². The molecule has 0 heterocycles. The molecule has 1 aliphatic rings. The summed E-state index contributed by atoms with van der Waals surface area (Å²) < 4.78 is 6.04. The van der Waals surface area contributed by atoms with Gasteiger partial charge in [-0.05, 0) is 55.3 Å². The lowest BCUT2D eigenvalue weighted by Crippen LogP contribution is -2.15. The second-order valence-electron chi connectivity index (χ2n) is 5.38. The molecule has 1 aromatic rings. The molecule has 0 bridgehead atoms. The molecule has 1 aromatic carbocycles. The van der Waals surface area contributed by atoms with Crippen LogP contribution >= 0.6 is 0 Å². The van der Waals surface area contributed by atoms with Crippen LogP contribution in [0.15, 0.2) is 24.3 Å². The van der Waals surface area contributed by atoms with Crippen LogP contribution in [-0.2, 0) is 0 Å². The highest BCUT2D eigenvalue weighted by molar-refractivity contribution is 5.30. The molecule has 0 radical (unpaired) electrons. The lowest BCUT2D eigenvalue weighted by Gasteiger charge is -2.15. The first-order valence-corrected chi connectivity index (χ1v) is 6.65. The Morgan fingerprint density at radius 1 is 1.35 bits per heavy atom. The van der Waals surface area contributed by atoms with Crippen molar-refractivity contribution >= 4 is 0 Å². The second-order valence-corrected chi connectivity index (χ2v) is 5.38. The Balaban J connectivity index is 1.97. The molecule has 2 atom stereocenters. The normalized spacial score (nSPS) is 24.2. The predicted octanol–water partition coefficient (Wildman–Crippen LogP) is 3.32. The Morgan fingerprint density at radius 3 is 2.82 bits per heavy atom. The average molecular weight is 233 g/mol. The van der Waals surface area contributed by atoms with Crippen LogP contribution in [-0.4, -0.2) is 12.6 Å². The molecule has 1 fully saturated rings. The van der Waals surface area contributed by atoms with Gasteiger partial charge in [-0.1, -0.05) is 26.0 Å². The highest BCUT2D eigenvalue weighted by Crippen LogP contribution is 2.29. The quantitative estimate of drug-likeness (QED) is 0.866. The molecule has 0 aromatic heterocycles. The van der Waals surface area contributed by atoms with E-state index in [1.165, 1.54) is 12.0 Å². The van der Waals surface area contributed by atoms with Crippen LogP contribution in [0.25, 0.3) is 0 Å². The van der Waals surface area contributed by atoms with Gasteiger partial charge in [0.25, 0.3) is 0 Å². The average Bonchev–Trinajstić information content (AvgIpc) is 2.77. The van der Waals surface area contributed by atoms with Gasteiger partial charge in [0.1, 0.15) is 5.75 Å². The number of hydrogen-bond donors (Lipinski definition) is 1. The number of benzene rings is 1. The van der Waals surface area contributed by atoms with E-state index in [2.05, 4.69) is 38.1 Å². The van der Waals surface area contributed by atoms with E-state index in [1.54, 1.807) is 0 Å². The summed E-state index contributed by atoms with van der Waals surface area (Å²) in [5.74, 6) is 2.23. The van der Waals surface area contributed by atoms with Crippen molar-refractivity contribution in [1.82, 2.24) is 0 Å². The fourth-order valence-corrected chi connectivity index (χ4v) is 2.49. The monoisotopic (exact) mass is 233 g/mol. The zero-order valence-corrected chi connectivity index (χ0v) is 10.9. The number of ether oxygens (including phenoxy) is 1. The third-order valence-corrected chi connectivity index (χ3v) is 3.65. The van der Waals surface area contributed by atoms with Crippen LogP contribution in [0, 0.1) is 5.92 Å². The Labute approximate surface area is 104 Å². The van der Waals surface area contributed by atoms with Crippen LogP contribution < -0.4 is 10.5 Å². The maximum atomic E-state index is 6.04. The zero-order chi connectivity index (χ0) is 12.3. The summed E-state index contributed by atoms with van der Waals surface area (Å²) >= 11 is 0. The third kappa shape index (κ3) is 3.22. The van der Waals surface area contributed by atoms with E-state index in [1.807, 2.05) is 0 Å². The molecule has 0 spiro atoms. The van der Waals surface area contributed by atoms with Gasteiger partial charge in [-0.25, -0.2) is 0 Å². The van der Waals surface area contributed by atoms with Crippen LogP contribution in [0.4, 0.5) is 0 Å². The third-order valence-electron chi connectivity index (χ3n) is 3.65. The highest BCUT2D eigenvalue weighted by atomic mass is 16.5. The Morgan fingerprint density at radius 2 is 2.18 bits per heavy atom. The summed E-state index contributed by atoms with van der Waals surface area (Å²) in [7, 11) is 0. The lowest BCUT2D eigenvalue weighted by molar-refractivity contribution is 0.204. The summed E-state index contributed by atoms with van der Waals surface area (Å²) in [6, 6.07) is 8.47. The smallest absolute Gasteiger partial charge is 0.119 e. The van der Waals surface area contributed by atoms with Gasteiger partial charge in [0.05, 0.1) is 6.10 Å². The Hall–Kier alpha value is -1.02. The van der Waals surface area contributed by atoms with Gasteiger partial charge < -0.3 is 10.5 Å². The van der Waals surface area contributed by atoms with Crippen LogP contribution in [0.5, 0.6) is 5.75 Å². The maximum Gasteiger partial charge on any atom is 0.119 e. The van der Waals surface area contributed by atoms with E-state index in [0.717, 1.165) is 25.1 Å². The van der Waals surface area contributed by atoms with Crippen LogP contribution in [0.3, 0.4) is 0 Å². The zero-order valence-electron chi connectivity index (χ0n) is 10.9. The molecule has 2 heteroatoms. The summed E-state index contributed by atoms with van der Waals surface area (Å²) in [6.07, 6.45) is 3.84. The molecule has 2 unspecified atom stereocenters. The van der Waals surface area contributed by atoms with Crippen LogP contribution in [0.2, 0.25) is 0 Å². The van der Waals surface area contributed by atoms with Crippen molar-refractivity contribution in [3.05, 3.63) is 29.8 Å². The Kier molecular flexibility index (Phi) is 4.06. The largest absolute Gasteiger partial charge is 0.490 e. The molecule has 2 nitrogen and oxygen atoms in total. The van der Waals surface area contributed by atoms with E-state index >= 15 is 0 Å². The predicted molar refractivity (Wildman–Crippen MR) is 71.3 cm³/mol. The van der Waals surface area contributed by atoms with Crippen molar-refractivity contribution < 1.29 is 4.74 Å². The van der Waals surface area contributed by atoms with Crippen molar-refractivity contribution in [3.63, 3.8) is 0 Å². The second kappa shape index (κ2) is 5.54. The molecule has 2 rings (SSSR count). The first-order chi connectivity index (χ1) is 8.19. The summed E-state index contributed by atoms with van der Waals surface area (Å²) in [5.41, 5.74) is 7.04. The minimum absolute atomic E-state index is 0.367. The van der Waals surface area contributed by atoms with E-state index in [4.69, 9.17) is 10.5 Å². The van der Waals surface area contributed by atoms with Gasteiger partial charge >= 0.3 is 0 Å². The van der Waals surface area contributed by atoms with Crippen LogP contribution in [0.1, 0.15) is 44.6 Å². The summed E-state index contributed by atoms with van der Waals surface area (Å²) in [6.45, 7) is 5.21. The fourth-order valence-electron chi connectivity index (χ4n) is 2.49. The fraction of sp³-hybridized carbons (Fsp3) is 0.600. The van der Waals surface area contributed by atoms with Gasteiger partial charge in [-0.2, -0.15) is 0 Å². The topological polar surface area (TPSA) is 35.2 Å². The van der Waals surface area contributed by atoms with Gasteiger partial charge in [0, 0.05) is 0 Å². The number of rotatable bonds is 4. The molecule has 0 aliphatic heterocycles. The first kappa shape index (κ1) is 12.4. The molecule has 0 saturated heterocycles. The SMILES string of the molecule is CC(C)c1cccc(OC2CCC(CN)C2)c1. The van der Waals surface area contributed by atoms with Crippen molar-refractivity contribution in [1.29, 1.82) is 0 Å². The minimum Gasteiger partial charge on any atom is -0.490 e. The molecule has 94 valence electrons. The molecule has 0 amide bonds. The van der Waals surface area contributed by atoms with Gasteiger partial charge in [0.15, 0.2) is 0 Å². The highest BCUT2D eigenvalue weighted by Gasteiger charge is 2.24. The molecule has 1 aliphatic carbocycles. The number of nitrogens with two attached hydrogens (primary N) is 1. The van der Waals surface area contributed by atoms with E-state index in [0.29, 0.717) is 17.9 Å². The summed E-state index contributed by atoms with van der Waals surface area (Å²) in [4.78, 5) is 0. The Bertz CT molecular complexity index is 362. The number of hydrogen-bond acceptors (Lipinski definition) is 2. The van der Waals surface area contributed by atoms with E-state index in [9.17, 15) is 0 Å². The minimum atomic E-state index is 0.367. The van der Waals surface area contributed by atoms with Crippen molar-refractivity contribution in [2.75, 3.05) is 6.54 Å². The first-order valence-electron chi connectivity index (χ1n) is 6.65. The van der Waals surface area contributed by atoms with E-state index in [-0.39, 0.29) is 0 Å².